The van der Waals surface area contributed by atoms with Gasteiger partial charge in [0.05, 0.1) is 7.11 Å². The first-order chi connectivity index (χ1) is 10.2. The van der Waals surface area contributed by atoms with Crippen LogP contribution in [0.1, 0.15) is 11.1 Å². The summed E-state index contributed by atoms with van der Waals surface area (Å²) in [6.07, 6.45) is 5.73. The summed E-state index contributed by atoms with van der Waals surface area (Å²) >= 11 is 3.48. The number of para-hydroxylation sites is 1. The Hall–Kier alpha value is -1.39. The zero-order valence-electron chi connectivity index (χ0n) is 12.5. The number of hydrogen-bond acceptors (Lipinski definition) is 3. The molecule has 0 aliphatic heterocycles. The molecule has 1 aromatic carbocycles. The van der Waals surface area contributed by atoms with E-state index in [0.29, 0.717) is 5.92 Å². The summed E-state index contributed by atoms with van der Waals surface area (Å²) in [4.78, 5) is 4.25. The number of pyridine rings is 1. The minimum Gasteiger partial charge on any atom is -0.496 e. The number of nitrogens with one attached hydrogen (secondary N) is 1. The minimum absolute atomic E-state index is 0.502. The highest BCUT2D eigenvalue weighted by atomic mass is 79.9. The van der Waals surface area contributed by atoms with E-state index in [0.717, 1.165) is 29.6 Å². The Bertz CT molecular complexity index is 574. The van der Waals surface area contributed by atoms with Crippen LogP contribution in [0.25, 0.3) is 0 Å². The second-order valence-electron chi connectivity index (χ2n) is 5.16. The van der Waals surface area contributed by atoms with Crippen LogP contribution < -0.4 is 10.1 Å². The predicted molar refractivity (Wildman–Crippen MR) is 89.8 cm³/mol. The van der Waals surface area contributed by atoms with Gasteiger partial charge < -0.3 is 10.1 Å². The molecule has 0 radical (unpaired) electrons. The number of methoxy groups -OCH3 is 1. The van der Waals surface area contributed by atoms with Crippen molar-refractivity contribution >= 4 is 15.9 Å². The second kappa shape index (κ2) is 8.15. The molecule has 2 rings (SSSR count). The van der Waals surface area contributed by atoms with E-state index in [1.807, 2.05) is 31.6 Å². The van der Waals surface area contributed by atoms with Crippen LogP contribution in [0.2, 0.25) is 0 Å². The van der Waals surface area contributed by atoms with Crippen LogP contribution >= 0.6 is 15.9 Å². The summed E-state index contributed by atoms with van der Waals surface area (Å²) in [7, 11) is 3.72. The predicted octanol–water partition coefficient (Wildman–Crippen LogP) is 3.47. The molecule has 0 bridgehead atoms. The summed E-state index contributed by atoms with van der Waals surface area (Å²) < 4.78 is 6.48. The molecule has 0 spiro atoms. The van der Waals surface area contributed by atoms with Crippen LogP contribution in [0.3, 0.4) is 0 Å². The molecule has 1 heterocycles. The SMILES string of the molecule is CNCC(Cc1cncc(Br)c1)Cc1ccccc1OC. The van der Waals surface area contributed by atoms with Crippen LogP contribution in [0.15, 0.2) is 47.2 Å². The molecule has 1 atom stereocenters. The van der Waals surface area contributed by atoms with Gasteiger partial charge >= 0.3 is 0 Å². The Kier molecular flexibility index (Phi) is 6.21. The van der Waals surface area contributed by atoms with Gasteiger partial charge in [-0.05, 0) is 71.5 Å². The van der Waals surface area contributed by atoms with Crippen LogP contribution in [0.4, 0.5) is 0 Å². The first-order valence-electron chi connectivity index (χ1n) is 7.09. The molecular weight excluding hydrogens is 328 g/mol. The summed E-state index contributed by atoms with van der Waals surface area (Å²) in [5.74, 6) is 1.47. The molecule has 0 aliphatic rings. The monoisotopic (exact) mass is 348 g/mol. The Morgan fingerprint density at radius 2 is 2.05 bits per heavy atom. The van der Waals surface area contributed by atoms with Crippen molar-refractivity contribution in [2.45, 2.75) is 12.8 Å². The van der Waals surface area contributed by atoms with Crippen molar-refractivity contribution in [3.8, 4) is 5.75 Å². The van der Waals surface area contributed by atoms with Crippen molar-refractivity contribution in [2.75, 3.05) is 20.7 Å². The molecule has 1 N–H and O–H groups in total. The van der Waals surface area contributed by atoms with Crippen molar-refractivity contribution in [1.29, 1.82) is 0 Å². The molecule has 0 amide bonds. The highest BCUT2D eigenvalue weighted by Crippen LogP contribution is 2.23. The quantitative estimate of drug-likeness (QED) is 0.831. The van der Waals surface area contributed by atoms with Gasteiger partial charge in [-0.1, -0.05) is 18.2 Å². The summed E-state index contributed by atoms with van der Waals surface area (Å²) in [5.41, 5.74) is 2.50. The molecule has 2 aromatic rings. The normalized spacial score (nSPS) is 12.1. The fourth-order valence-electron chi connectivity index (χ4n) is 2.59. The molecule has 112 valence electrons. The highest BCUT2D eigenvalue weighted by molar-refractivity contribution is 9.10. The maximum Gasteiger partial charge on any atom is 0.122 e. The molecule has 0 fully saturated rings. The largest absolute Gasteiger partial charge is 0.496 e. The average Bonchev–Trinajstić information content (AvgIpc) is 2.48. The number of aromatic nitrogens is 1. The van der Waals surface area contributed by atoms with Gasteiger partial charge in [0, 0.05) is 16.9 Å². The van der Waals surface area contributed by atoms with Crippen molar-refractivity contribution in [3.63, 3.8) is 0 Å². The van der Waals surface area contributed by atoms with E-state index < -0.39 is 0 Å². The fourth-order valence-corrected chi connectivity index (χ4v) is 3.00. The maximum absolute atomic E-state index is 5.45. The van der Waals surface area contributed by atoms with E-state index in [4.69, 9.17) is 4.74 Å². The second-order valence-corrected chi connectivity index (χ2v) is 6.07. The average molecular weight is 349 g/mol. The van der Waals surface area contributed by atoms with Gasteiger partial charge in [-0.2, -0.15) is 0 Å². The van der Waals surface area contributed by atoms with E-state index in [9.17, 15) is 0 Å². The molecule has 4 heteroatoms. The van der Waals surface area contributed by atoms with Crippen LogP contribution in [0, 0.1) is 5.92 Å². The molecule has 1 aromatic heterocycles. The first kappa shape index (κ1) is 16.0. The smallest absolute Gasteiger partial charge is 0.122 e. The number of halogens is 1. The lowest BCUT2D eigenvalue weighted by Gasteiger charge is -2.18. The first-order valence-corrected chi connectivity index (χ1v) is 7.88. The third-order valence-corrected chi connectivity index (χ3v) is 3.91. The third kappa shape index (κ3) is 4.83. The Labute approximate surface area is 134 Å². The van der Waals surface area contributed by atoms with E-state index in [1.54, 1.807) is 7.11 Å². The van der Waals surface area contributed by atoms with Crippen molar-refractivity contribution in [3.05, 3.63) is 58.3 Å². The van der Waals surface area contributed by atoms with E-state index in [-0.39, 0.29) is 0 Å². The van der Waals surface area contributed by atoms with Crippen LogP contribution in [-0.4, -0.2) is 25.7 Å². The van der Waals surface area contributed by atoms with Crippen molar-refractivity contribution < 1.29 is 4.74 Å². The standard InChI is InChI=1S/C17H21BrN2O/c1-19-10-13(7-14-9-16(18)12-20-11-14)8-15-5-3-4-6-17(15)21-2/h3-6,9,11-13,19H,7-8,10H2,1-2H3. The molecule has 0 saturated heterocycles. The summed E-state index contributed by atoms with van der Waals surface area (Å²) in [6.45, 7) is 0.963. The highest BCUT2D eigenvalue weighted by Gasteiger charge is 2.13. The Morgan fingerprint density at radius 1 is 1.24 bits per heavy atom. The van der Waals surface area contributed by atoms with E-state index >= 15 is 0 Å². The molecule has 0 saturated carbocycles. The van der Waals surface area contributed by atoms with Gasteiger partial charge in [0.1, 0.15) is 5.75 Å². The van der Waals surface area contributed by atoms with Gasteiger partial charge in [0.25, 0.3) is 0 Å². The number of hydrogen-bond donors (Lipinski definition) is 1. The van der Waals surface area contributed by atoms with E-state index in [1.165, 1.54) is 11.1 Å². The molecule has 1 unspecified atom stereocenters. The van der Waals surface area contributed by atoms with Gasteiger partial charge in [-0.3, -0.25) is 4.98 Å². The topological polar surface area (TPSA) is 34.2 Å². The van der Waals surface area contributed by atoms with Gasteiger partial charge in [0.2, 0.25) is 0 Å². The molecule has 0 aliphatic carbocycles. The van der Waals surface area contributed by atoms with Gasteiger partial charge in [-0.15, -0.1) is 0 Å². The van der Waals surface area contributed by atoms with E-state index in [2.05, 4.69) is 44.4 Å². The molecular formula is C17H21BrN2O. The van der Waals surface area contributed by atoms with Gasteiger partial charge in [0.15, 0.2) is 0 Å². The van der Waals surface area contributed by atoms with Gasteiger partial charge in [-0.25, -0.2) is 0 Å². The summed E-state index contributed by atoms with van der Waals surface area (Å²) in [6, 6.07) is 10.4. The fraction of sp³-hybridized carbons (Fsp3) is 0.353. The number of ether oxygens (including phenoxy) is 1. The lowest BCUT2D eigenvalue weighted by molar-refractivity contribution is 0.401. The molecule has 3 nitrogen and oxygen atoms in total. The lowest BCUT2D eigenvalue weighted by atomic mass is 9.92. The number of rotatable bonds is 7. The molecule has 21 heavy (non-hydrogen) atoms. The lowest BCUT2D eigenvalue weighted by Crippen LogP contribution is -2.23. The third-order valence-electron chi connectivity index (χ3n) is 3.48. The zero-order valence-corrected chi connectivity index (χ0v) is 14.1. The number of nitrogens with zero attached hydrogens (tertiary/aromatic N) is 1. The van der Waals surface area contributed by atoms with Crippen molar-refractivity contribution in [1.82, 2.24) is 10.3 Å². The zero-order chi connectivity index (χ0) is 15.1. The number of benzene rings is 1. The van der Waals surface area contributed by atoms with Crippen LogP contribution in [-0.2, 0) is 12.8 Å². The summed E-state index contributed by atoms with van der Waals surface area (Å²) in [5, 5.41) is 3.29. The Morgan fingerprint density at radius 3 is 2.76 bits per heavy atom. The van der Waals surface area contributed by atoms with Crippen LogP contribution in [0.5, 0.6) is 5.75 Å². The minimum atomic E-state index is 0.502. The maximum atomic E-state index is 5.45. The van der Waals surface area contributed by atoms with Crippen molar-refractivity contribution in [2.24, 2.45) is 5.92 Å². The Balaban J connectivity index is 2.11.